The average Bonchev–Trinajstić information content (AvgIpc) is 3.34. The quantitative estimate of drug-likeness (QED) is 0.446. The second-order valence-corrected chi connectivity index (χ2v) is 7.87. The van der Waals surface area contributed by atoms with E-state index in [9.17, 15) is 0 Å². The van der Waals surface area contributed by atoms with Crippen molar-refractivity contribution in [2.45, 2.75) is 39.0 Å². The SMILES string of the molecule is CCNC(=NCCCc1nc(C)cs1)N1CCC(c2ccc(OC)cc2)C1. The van der Waals surface area contributed by atoms with Gasteiger partial charge in [0, 0.05) is 49.6 Å². The summed E-state index contributed by atoms with van der Waals surface area (Å²) >= 11 is 1.75. The molecule has 3 rings (SSSR count). The molecule has 1 fully saturated rings. The molecule has 1 aliphatic heterocycles. The molecule has 1 aromatic heterocycles. The van der Waals surface area contributed by atoms with Gasteiger partial charge in [0.05, 0.1) is 12.1 Å². The molecule has 27 heavy (non-hydrogen) atoms. The first-order valence-corrected chi connectivity index (χ1v) is 10.7. The van der Waals surface area contributed by atoms with Gasteiger partial charge < -0.3 is 15.0 Å². The molecule has 146 valence electrons. The summed E-state index contributed by atoms with van der Waals surface area (Å²) < 4.78 is 5.27. The van der Waals surface area contributed by atoms with Gasteiger partial charge in [0.15, 0.2) is 5.96 Å². The number of aliphatic imine (C=N–C) groups is 1. The topological polar surface area (TPSA) is 49.8 Å². The largest absolute Gasteiger partial charge is 0.497 e. The van der Waals surface area contributed by atoms with Gasteiger partial charge in [-0.1, -0.05) is 12.1 Å². The maximum Gasteiger partial charge on any atom is 0.193 e. The number of aryl methyl sites for hydroxylation is 2. The van der Waals surface area contributed by atoms with Gasteiger partial charge in [0.2, 0.25) is 0 Å². The number of nitrogens with one attached hydrogen (secondary N) is 1. The minimum atomic E-state index is 0.554. The molecule has 5 nitrogen and oxygen atoms in total. The van der Waals surface area contributed by atoms with E-state index < -0.39 is 0 Å². The van der Waals surface area contributed by atoms with E-state index in [-0.39, 0.29) is 0 Å². The number of ether oxygens (including phenoxy) is 1. The lowest BCUT2D eigenvalue weighted by Crippen LogP contribution is -2.40. The Kier molecular flexibility index (Phi) is 7.10. The molecule has 2 aromatic rings. The summed E-state index contributed by atoms with van der Waals surface area (Å²) in [6, 6.07) is 8.48. The smallest absolute Gasteiger partial charge is 0.193 e. The summed E-state index contributed by atoms with van der Waals surface area (Å²) in [6.07, 6.45) is 3.21. The third-order valence-electron chi connectivity index (χ3n) is 4.89. The third kappa shape index (κ3) is 5.45. The van der Waals surface area contributed by atoms with Gasteiger partial charge in [-0.05, 0) is 44.4 Å². The summed E-state index contributed by atoms with van der Waals surface area (Å²) in [5, 5.41) is 6.79. The lowest BCUT2D eigenvalue weighted by molar-refractivity contribution is 0.414. The standard InChI is InChI=1S/C21H30N4OS/c1-4-22-21(23-12-5-6-20-24-16(2)15-27-20)25-13-11-18(14-25)17-7-9-19(26-3)10-8-17/h7-10,15,18H,4-6,11-14H2,1-3H3,(H,22,23). The fourth-order valence-electron chi connectivity index (χ4n) is 3.46. The third-order valence-corrected chi connectivity index (χ3v) is 5.91. The molecule has 1 atom stereocenters. The zero-order valence-corrected chi connectivity index (χ0v) is 17.4. The fourth-order valence-corrected chi connectivity index (χ4v) is 4.28. The van der Waals surface area contributed by atoms with Crippen LogP contribution in [0, 0.1) is 6.92 Å². The van der Waals surface area contributed by atoms with Crippen LogP contribution in [0.5, 0.6) is 5.75 Å². The molecule has 6 heteroatoms. The molecule has 0 saturated carbocycles. The van der Waals surface area contributed by atoms with Crippen molar-refractivity contribution in [3.63, 3.8) is 0 Å². The highest BCUT2D eigenvalue weighted by Gasteiger charge is 2.26. The first-order valence-electron chi connectivity index (χ1n) is 9.77. The number of methoxy groups -OCH3 is 1. The van der Waals surface area contributed by atoms with Crippen LogP contribution in [-0.4, -0.2) is 49.1 Å². The first-order chi connectivity index (χ1) is 13.2. The molecule has 1 aliphatic rings. The Balaban J connectivity index is 1.54. The number of thiazole rings is 1. The maximum absolute atomic E-state index is 5.27. The second-order valence-electron chi connectivity index (χ2n) is 6.93. The van der Waals surface area contributed by atoms with Gasteiger partial charge in [-0.15, -0.1) is 11.3 Å². The summed E-state index contributed by atoms with van der Waals surface area (Å²) in [7, 11) is 1.71. The van der Waals surface area contributed by atoms with E-state index in [0.717, 1.165) is 62.8 Å². The molecule has 0 amide bonds. The molecular formula is C21H30N4OS. The minimum absolute atomic E-state index is 0.554. The van der Waals surface area contributed by atoms with Crippen LogP contribution in [0.3, 0.4) is 0 Å². The number of guanidine groups is 1. The van der Waals surface area contributed by atoms with Crippen LogP contribution in [0.1, 0.15) is 41.9 Å². The zero-order valence-electron chi connectivity index (χ0n) is 16.6. The molecule has 0 radical (unpaired) electrons. The molecule has 1 unspecified atom stereocenters. The van der Waals surface area contributed by atoms with E-state index >= 15 is 0 Å². The Bertz CT molecular complexity index is 741. The Hall–Kier alpha value is -2.08. The first kappa shape index (κ1) is 19.7. The Labute approximate surface area is 166 Å². The van der Waals surface area contributed by atoms with Crippen LogP contribution in [-0.2, 0) is 6.42 Å². The van der Waals surface area contributed by atoms with Crippen LogP contribution < -0.4 is 10.1 Å². The van der Waals surface area contributed by atoms with Gasteiger partial charge in [-0.25, -0.2) is 4.98 Å². The lowest BCUT2D eigenvalue weighted by atomic mass is 9.98. The molecule has 2 heterocycles. The van der Waals surface area contributed by atoms with Gasteiger partial charge in [0.25, 0.3) is 0 Å². The molecule has 1 aromatic carbocycles. The molecule has 0 bridgehead atoms. The van der Waals surface area contributed by atoms with Crippen molar-refractivity contribution in [1.82, 2.24) is 15.2 Å². The highest BCUT2D eigenvalue weighted by Crippen LogP contribution is 2.28. The molecule has 0 aliphatic carbocycles. The predicted octanol–water partition coefficient (Wildman–Crippen LogP) is 3.85. The van der Waals surface area contributed by atoms with E-state index in [1.807, 2.05) is 6.92 Å². The van der Waals surface area contributed by atoms with Crippen LogP contribution in [0.4, 0.5) is 0 Å². The Morgan fingerprint density at radius 2 is 2.19 bits per heavy atom. The Morgan fingerprint density at radius 3 is 2.85 bits per heavy atom. The van der Waals surface area contributed by atoms with Gasteiger partial charge in [0.1, 0.15) is 5.75 Å². The number of aromatic nitrogens is 1. The number of likely N-dealkylation sites (tertiary alicyclic amines) is 1. The normalized spacial score (nSPS) is 17.4. The van der Waals surface area contributed by atoms with Crippen LogP contribution in [0.25, 0.3) is 0 Å². The monoisotopic (exact) mass is 386 g/mol. The van der Waals surface area contributed by atoms with E-state index in [4.69, 9.17) is 9.73 Å². The van der Waals surface area contributed by atoms with Gasteiger partial charge in [-0.2, -0.15) is 0 Å². The number of rotatable bonds is 7. The van der Waals surface area contributed by atoms with E-state index in [0.29, 0.717) is 5.92 Å². The minimum Gasteiger partial charge on any atom is -0.497 e. The van der Waals surface area contributed by atoms with Crippen molar-refractivity contribution in [2.24, 2.45) is 4.99 Å². The lowest BCUT2D eigenvalue weighted by Gasteiger charge is -2.21. The molecule has 1 N–H and O–H groups in total. The summed E-state index contributed by atoms with van der Waals surface area (Å²) in [5.41, 5.74) is 2.50. The highest BCUT2D eigenvalue weighted by atomic mass is 32.1. The number of benzene rings is 1. The van der Waals surface area contributed by atoms with Crippen LogP contribution in [0.15, 0.2) is 34.6 Å². The van der Waals surface area contributed by atoms with Crippen LogP contribution in [0.2, 0.25) is 0 Å². The van der Waals surface area contributed by atoms with E-state index in [2.05, 4.69) is 51.8 Å². The summed E-state index contributed by atoms with van der Waals surface area (Å²) in [5.74, 6) is 2.51. The molecule has 1 saturated heterocycles. The summed E-state index contributed by atoms with van der Waals surface area (Å²) in [6.45, 7) is 7.98. The fraction of sp³-hybridized carbons (Fsp3) is 0.524. The number of hydrogen-bond acceptors (Lipinski definition) is 4. The highest BCUT2D eigenvalue weighted by molar-refractivity contribution is 7.09. The number of hydrogen-bond donors (Lipinski definition) is 1. The van der Waals surface area contributed by atoms with Gasteiger partial charge in [-0.3, -0.25) is 4.99 Å². The van der Waals surface area contributed by atoms with Crippen LogP contribution >= 0.6 is 11.3 Å². The second kappa shape index (κ2) is 9.74. The van der Waals surface area contributed by atoms with E-state index in [1.54, 1.807) is 18.4 Å². The summed E-state index contributed by atoms with van der Waals surface area (Å²) in [4.78, 5) is 11.8. The van der Waals surface area contributed by atoms with Crippen molar-refractivity contribution in [3.05, 3.63) is 45.9 Å². The van der Waals surface area contributed by atoms with Crippen molar-refractivity contribution >= 4 is 17.3 Å². The zero-order chi connectivity index (χ0) is 19.1. The van der Waals surface area contributed by atoms with E-state index in [1.165, 1.54) is 10.6 Å². The maximum atomic E-state index is 5.27. The molecular weight excluding hydrogens is 356 g/mol. The van der Waals surface area contributed by atoms with Crippen molar-refractivity contribution in [2.75, 3.05) is 33.3 Å². The van der Waals surface area contributed by atoms with Crippen molar-refractivity contribution in [1.29, 1.82) is 0 Å². The Morgan fingerprint density at radius 1 is 1.37 bits per heavy atom. The van der Waals surface area contributed by atoms with Gasteiger partial charge >= 0.3 is 0 Å². The predicted molar refractivity (Wildman–Crippen MR) is 113 cm³/mol. The molecule has 0 spiro atoms. The average molecular weight is 387 g/mol. The van der Waals surface area contributed by atoms with Crippen molar-refractivity contribution in [3.8, 4) is 5.75 Å². The number of nitrogens with zero attached hydrogens (tertiary/aromatic N) is 3. The van der Waals surface area contributed by atoms with Crippen molar-refractivity contribution < 1.29 is 4.74 Å².